The number of nitrogens with zero attached hydrogens (tertiary/aromatic N) is 1. The molecule has 0 atom stereocenters. The predicted molar refractivity (Wildman–Crippen MR) is 71.8 cm³/mol. The van der Waals surface area contributed by atoms with E-state index in [-0.39, 0.29) is 5.78 Å². The monoisotopic (exact) mass is 247 g/mol. The largest absolute Gasteiger partial charge is 0.343 e. The number of carbonyl (C=O) groups excluding carboxylic acids is 1. The van der Waals surface area contributed by atoms with E-state index < -0.39 is 0 Å². The molecule has 2 rings (SSSR count). The van der Waals surface area contributed by atoms with Crippen molar-refractivity contribution in [2.75, 3.05) is 0 Å². The number of hydrogen-bond acceptors (Lipinski definition) is 1. The average Bonchev–Trinajstić information content (AvgIpc) is 2.55. The Kier molecular flexibility index (Phi) is 3.07. The summed E-state index contributed by atoms with van der Waals surface area (Å²) in [6, 6.07) is 5.61. The van der Waals surface area contributed by atoms with Gasteiger partial charge < -0.3 is 4.57 Å². The van der Waals surface area contributed by atoms with Gasteiger partial charge in [0.05, 0.1) is 0 Å². The third kappa shape index (κ3) is 2.27. The summed E-state index contributed by atoms with van der Waals surface area (Å²) in [5.41, 5.74) is 2.78. The van der Waals surface area contributed by atoms with Crippen LogP contribution in [0.25, 0.3) is 10.9 Å². The quantitative estimate of drug-likeness (QED) is 0.592. The summed E-state index contributed by atoms with van der Waals surface area (Å²) in [6.45, 7) is 8.15. The van der Waals surface area contributed by atoms with Gasteiger partial charge in [0, 0.05) is 34.2 Å². The van der Waals surface area contributed by atoms with Crippen molar-refractivity contribution in [2.24, 2.45) is 0 Å². The second-order valence-electron chi connectivity index (χ2n) is 4.35. The molecule has 0 aliphatic carbocycles. The topological polar surface area (TPSA) is 22.0 Å². The highest BCUT2D eigenvalue weighted by molar-refractivity contribution is 6.31. The number of fused-ring (bicyclic) bond motifs is 1. The first kappa shape index (κ1) is 11.9. The highest BCUT2D eigenvalue weighted by Crippen LogP contribution is 2.25. The Labute approximate surface area is 105 Å². The van der Waals surface area contributed by atoms with E-state index in [9.17, 15) is 4.79 Å². The average molecular weight is 248 g/mol. The van der Waals surface area contributed by atoms with Crippen molar-refractivity contribution in [1.82, 2.24) is 4.57 Å². The number of allylic oxidation sites excluding steroid dienone is 1. The Morgan fingerprint density at radius 1 is 1.41 bits per heavy atom. The van der Waals surface area contributed by atoms with Gasteiger partial charge in [-0.25, -0.2) is 0 Å². The van der Waals surface area contributed by atoms with Crippen LogP contribution < -0.4 is 0 Å². The minimum atomic E-state index is 0.0535. The fourth-order valence-electron chi connectivity index (χ4n) is 1.97. The summed E-state index contributed by atoms with van der Waals surface area (Å²) in [4.78, 5) is 11.6. The molecule has 0 amide bonds. The smallest absolute Gasteiger partial charge is 0.161 e. The van der Waals surface area contributed by atoms with Crippen molar-refractivity contribution in [3.8, 4) is 0 Å². The zero-order chi connectivity index (χ0) is 12.6. The number of Topliss-reactive ketones (excluding diaryl/α,β-unsaturated/α-hetero) is 1. The summed E-state index contributed by atoms with van der Waals surface area (Å²) in [5.74, 6) is 0.0535. The van der Waals surface area contributed by atoms with Gasteiger partial charge in [0.15, 0.2) is 5.78 Å². The van der Waals surface area contributed by atoms with Crippen LogP contribution in [0.15, 0.2) is 36.5 Å². The number of carbonyl (C=O) groups is 1. The van der Waals surface area contributed by atoms with Gasteiger partial charge in [-0.2, -0.15) is 0 Å². The Morgan fingerprint density at radius 3 is 2.71 bits per heavy atom. The lowest BCUT2D eigenvalue weighted by molar-refractivity contribution is 0.101. The lowest BCUT2D eigenvalue weighted by Gasteiger charge is -2.04. The van der Waals surface area contributed by atoms with Crippen LogP contribution in [0, 0.1) is 0 Å². The second-order valence-corrected chi connectivity index (χ2v) is 4.78. The van der Waals surface area contributed by atoms with E-state index in [1.165, 1.54) is 0 Å². The van der Waals surface area contributed by atoms with Crippen LogP contribution in [0.2, 0.25) is 5.02 Å². The molecule has 0 bridgehead atoms. The Morgan fingerprint density at radius 2 is 2.12 bits per heavy atom. The fraction of sp³-hybridized carbons (Fsp3) is 0.214. The van der Waals surface area contributed by atoms with E-state index >= 15 is 0 Å². The van der Waals surface area contributed by atoms with Crippen molar-refractivity contribution in [1.29, 1.82) is 0 Å². The Bertz CT molecular complexity index is 610. The number of benzene rings is 1. The van der Waals surface area contributed by atoms with Crippen molar-refractivity contribution >= 4 is 28.3 Å². The van der Waals surface area contributed by atoms with Crippen molar-refractivity contribution in [3.63, 3.8) is 0 Å². The SMILES string of the molecule is C=C(C)Cn1cc(C(C)=O)c2cc(Cl)ccc21. The van der Waals surface area contributed by atoms with Crippen LogP contribution in [0.3, 0.4) is 0 Å². The van der Waals surface area contributed by atoms with Crippen molar-refractivity contribution in [3.05, 3.63) is 47.1 Å². The molecule has 0 aliphatic heterocycles. The Balaban J connectivity index is 2.70. The molecule has 0 saturated heterocycles. The third-order valence-electron chi connectivity index (χ3n) is 2.66. The van der Waals surface area contributed by atoms with E-state index in [0.29, 0.717) is 17.1 Å². The highest BCUT2D eigenvalue weighted by atomic mass is 35.5. The molecule has 0 unspecified atom stereocenters. The Hall–Kier alpha value is -1.54. The third-order valence-corrected chi connectivity index (χ3v) is 2.90. The van der Waals surface area contributed by atoms with Crippen LogP contribution in [0.4, 0.5) is 0 Å². The minimum absolute atomic E-state index is 0.0535. The maximum atomic E-state index is 11.6. The van der Waals surface area contributed by atoms with Crippen LogP contribution in [-0.4, -0.2) is 10.4 Å². The van der Waals surface area contributed by atoms with Gasteiger partial charge >= 0.3 is 0 Å². The molecule has 1 heterocycles. The first-order valence-electron chi connectivity index (χ1n) is 5.42. The molecule has 88 valence electrons. The molecule has 0 spiro atoms. The molecule has 0 radical (unpaired) electrons. The van der Waals surface area contributed by atoms with Crippen LogP contribution in [-0.2, 0) is 6.54 Å². The molecule has 1 aromatic heterocycles. The van der Waals surface area contributed by atoms with E-state index in [1.54, 1.807) is 6.92 Å². The molecule has 2 nitrogen and oxygen atoms in total. The number of rotatable bonds is 3. The summed E-state index contributed by atoms with van der Waals surface area (Å²) in [7, 11) is 0. The van der Waals surface area contributed by atoms with Gasteiger partial charge in [0.25, 0.3) is 0 Å². The van der Waals surface area contributed by atoms with E-state index in [2.05, 4.69) is 6.58 Å². The summed E-state index contributed by atoms with van der Waals surface area (Å²) in [6.07, 6.45) is 1.87. The molecule has 0 N–H and O–H groups in total. The zero-order valence-corrected chi connectivity index (χ0v) is 10.7. The second kappa shape index (κ2) is 4.38. The highest BCUT2D eigenvalue weighted by Gasteiger charge is 2.12. The first-order chi connectivity index (χ1) is 7.99. The number of aromatic nitrogens is 1. The molecule has 0 saturated carbocycles. The van der Waals surface area contributed by atoms with E-state index in [1.807, 2.05) is 35.9 Å². The minimum Gasteiger partial charge on any atom is -0.343 e. The molecule has 2 aromatic rings. The summed E-state index contributed by atoms with van der Waals surface area (Å²) in [5, 5.41) is 1.55. The van der Waals surface area contributed by atoms with Gasteiger partial charge in [0.1, 0.15) is 0 Å². The molecule has 0 aliphatic rings. The standard InChI is InChI=1S/C14H14ClNO/c1-9(2)7-16-8-13(10(3)17)12-6-11(15)4-5-14(12)16/h4-6,8H,1,7H2,2-3H3. The molecule has 17 heavy (non-hydrogen) atoms. The van der Waals surface area contributed by atoms with E-state index in [4.69, 9.17) is 11.6 Å². The zero-order valence-electron chi connectivity index (χ0n) is 9.96. The molecule has 3 heteroatoms. The first-order valence-corrected chi connectivity index (χ1v) is 5.80. The lowest BCUT2D eigenvalue weighted by atomic mass is 10.1. The molecular weight excluding hydrogens is 234 g/mol. The van der Waals surface area contributed by atoms with Crippen molar-refractivity contribution < 1.29 is 4.79 Å². The summed E-state index contributed by atoms with van der Waals surface area (Å²) < 4.78 is 2.03. The molecule has 1 aromatic carbocycles. The van der Waals surface area contributed by atoms with Crippen LogP contribution >= 0.6 is 11.6 Å². The van der Waals surface area contributed by atoms with Gasteiger partial charge in [-0.15, -0.1) is 0 Å². The maximum Gasteiger partial charge on any atom is 0.161 e. The van der Waals surface area contributed by atoms with Gasteiger partial charge in [0.2, 0.25) is 0 Å². The number of hydrogen-bond donors (Lipinski definition) is 0. The normalized spacial score (nSPS) is 10.8. The lowest BCUT2D eigenvalue weighted by Crippen LogP contribution is -1.96. The van der Waals surface area contributed by atoms with Crippen LogP contribution in [0.1, 0.15) is 24.2 Å². The predicted octanol–water partition coefficient (Wildman–Crippen LogP) is 4.07. The maximum absolute atomic E-state index is 11.6. The fourth-order valence-corrected chi connectivity index (χ4v) is 2.14. The van der Waals surface area contributed by atoms with Crippen molar-refractivity contribution in [2.45, 2.75) is 20.4 Å². The van der Waals surface area contributed by atoms with Crippen LogP contribution in [0.5, 0.6) is 0 Å². The number of halogens is 1. The van der Waals surface area contributed by atoms with E-state index in [0.717, 1.165) is 16.5 Å². The molecular formula is C14H14ClNO. The van der Waals surface area contributed by atoms with Gasteiger partial charge in [-0.05, 0) is 32.0 Å². The van der Waals surface area contributed by atoms with Gasteiger partial charge in [-0.3, -0.25) is 4.79 Å². The number of ketones is 1. The summed E-state index contributed by atoms with van der Waals surface area (Å²) >= 11 is 5.97. The van der Waals surface area contributed by atoms with Gasteiger partial charge in [-0.1, -0.05) is 23.8 Å². The molecule has 0 fully saturated rings.